The molecule has 3 aromatic rings. The first kappa shape index (κ1) is 20.6. The molecule has 1 saturated carbocycles. The van der Waals surface area contributed by atoms with Crippen LogP contribution in [-0.2, 0) is 4.79 Å². The molecule has 0 saturated heterocycles. The third-order valence-electron chi connectivity index (χ3n) is 5.46. The Morgan fingerprint density at radius 1 is 1.03 bits per heavy atom. The lowest BCUT2D eigenvalue weighted by atomic mass is 9.91. The van der Waals surface area contributed by atoms with Crippen molar-refractivity contribution in [3.8, 4) is 22.6 Å². The molecule has 0 unspecified atom stereocenters. The van der Waals surface area contributed by atoms with Crippen molar-refractivity contribution in [1.82, 2.24) is 0 Å². The fourth-order valence-electron chi connectivity index (χ4n) is 3.74. The van der Waals surface area contributed by atoms with Gasteiger partial charge in [0.25, 0.3) is 0 Å². The molecule has 3 aromatic carbocycles. The lowest BCUT2D eigenvalue weighted by Gasteiger charge is -2.15. The van der Waals surface area contributed by atoms with Crippen LogP contribution in [0.25, 0.3) is 11.1 Å². The van der Waals surface area contributed by atoms with E-state index in [2.05, 4.69) is 0 Å². The number of aromatic hydroxyl groups is 1. The Balaban J connectivity index is 1.49. The van der Waals surface area contributed by atoms with Gasteiger partial charge in [0, 0.05) is 5.56 Å². The lowest BCUT2D eigenvalue weighted by molar-refractivity contribution is -0.137. The number of halogens is 1. The molecule has 1 atom stereocenters. The van der Waals surface area contributed by atoms with Gasteiger partial charge in [-0.3, -0.25) is 4.79 Å². The van der Waals surface area contributed by atoms with Crippen molar-refractivity contribution in [2.24, 2.45) is 5.92 Å². The van der Waals surface area contributed by atoms with Crippen LogP contribution >= 0.6 is 0 Å². The molecule has 4 rings (SSSR count). The van der Waals surface area contributed by atoms with Gasteiger partial charge in [0.1, 0.15) is 17.3 Å². The van der Waals surface area contributed by atoms with E-state index in [-0.39, 0.29) is 23.7 Å². The monoisotopic (exact) mass is 420 g/mol. The number of benzene rings is 3. The fraction of sp³-hybridized carbons (Fsp3) is 0.200. The van der Waals surface area contributed by atoms with Crippen molar-refractivity contribution in [3.63, 3.8) is 0 Å². The highest BCUT2D eigenvalue weighted by Gasteiger charge is 2.33. The Labute approximate surface area is 178 Å². The van der Waals surface area contributed by atoms with Crippen LogP contribution < -0.4 is 4.74 Å². The molecule has 0 aromatic heterocycles. The Morgan fingerprint density at radius 2 is 1.77 bits per heavy atom. The highest BCUT2D eigenvalue weighted by atomic mass is 19.1. The first-order valence-electron chi connectivity index (χ1n) is 10.0. The molecule has 0 radical (unpaired) electrons. The number of phenolic OH excluding ortho intramolecular Hbond substituents is 1. The summed E-state index contributed by atoms with van der Waals surface area (Å²) >= 11 is 0. The molecule has 1 aliphatic carbocycles. The molecule has 6 heteroatoms. The highest BCUT2D eigenvalue weighted by molar-refractivity contribution is 5.91. The van der Waals surface area contributed by atoms with Crippen molar-refractivity contribution in [3.05, 3.63) is 83.7 Å². The summed E-state index contributed by atoms with van der Waals surface area (Å²) in [6.45, 7) is 0. The van der Waals surface area contributed by atoms with Crippen molar-refractivity contribution in [2.45, 2.75) is 25.2 Å². The SMILES string of the molecule is O=C(O)C[C@H](c1cccc(OC(=O)c2ccc(-c3cc(O)ccc3F)cc2)c1)C1CC1. The zero-order chi connectivity index (χ0) is 22.0. The van der Waals surface area contributed by atoms with Gasteiger partial charge in [-0.15, -0.1) is 0 Å². The number of esters is 1. The highest BCUT2D eigenvalue weighted by Crippen LogP contribution is 2.45. The number of carbonyl (C=O) groups excluding carboxylic acids is 1. The van der Waals surface area contributed by atoms with Gasteiger partial charge in [0.15, 0.2) is 0 Å². The van der Waals surface area contributed by atoms with Crippen LogP contribution in [0, 0.1) is 11.7 Å². The number of carboxylic acid groups (broad SMARTS) is 1. The fourth-order valence-corrected chi connectivity index (χ4v) is 3.74. The molecule has 158 valence electrons. The summed E-state index contributed by atoms with van der Waals surface area (Å²) in [6, 6.07) is 17.0. The van der Waals surface area contributed by atoms with Crippen LogP contribution in [0.1, 0.15) is 41.1 Å². The van der Waals surface area contributed by atoms with E-state index in [1.807, 2.05) is 6.07 Å². The van der Waals surface area contributed by atoms with Crippen LogP contribution in [0.2, 0.25) is 0 Å². The second-order valence-electron chi connectivity index (χ2n) is 7.75. The third-order valence-corrected chi connectivity index (χ3v) is 5.46. The van der Waals surface area contributed by atoms with E-state index in [1.54, 1.807) is 30.3 Å². The van der Waals surface area contributed by atoms with Crippen LogP contribution in [-0.4, -0.2) is 22.2 Å². The second-order valence-corrected chi connectivity index (χ2v) is 7.75. The van der Waals surface area contributed by atoms with Crippen LogP contribution in [0.4, 0.5) is 4.39 Å². The number of hydrogen-bond donors (Lipinski definition) is 2. The van der Waals surface area contributed by atoms with E-state index in [0.717, 1.165) is 18.4 Å². The van der Waals surface area contributed by atoms with Gasteiger partial charge < -0.3 is 14.9 Å². The lowest BCUT2D eigenvalue weighted by Crippen LogP contribution is -2.10. The molecule has 0 amide bonds. The van der Waals surface area contributed by atoms with Crippen molar-refractivity contribution in [2.75, 3.05) is 0 Å². The van der Waals surface area contributed by atoms with E-state index in [4.69, 9.17) is 4.74 Å². The number of phenols is 1. The predicted molar refractivity (Wildman–Crippen MR) is 113 cm³/mol. The van der Waals surface area contributed by atoms with Gasteiger partial charge in [-0.25, -0.2) is 9.18 Å². The number of aliphatic carboxylic acids is 1. The van der Waals surface area contributed by atoms with Gasteiger partial charge in [-0.05, 0) is 78.3 Å². The van der Waals surface area contributed by atoms with E-state index in [1.165, 1.54) is 30.3 Å². The maximum absolute atomic E-state index is 14.0. The van der Waals surface area contributed by atoms with Crippen LogP contribution in [0.5, 0.6) is 11.5 Å². The summed E-state index contributed by atoms with van der Waals surface area (Å²) in [5.74, 6) is -1.32. The van der Waals surface area contributed by atoms with E-state index >= 15 is 0 Å². The maximum Gasteiger partial charge on any atom is 0.343 e. The Kier molecular flexibility index (Phi) is 5.71. The van der Waals surface area contributed by atoms with Gasteiger partial charge in [0.05, 0.1) is 12.0 Å². The number of rotatable bonds is 7. The molecule has 0 heterocycles. The van der Waals surface area contributed by atoms with Crippen molar-refractivity contribution < 1.29 is 28.9 Å². The normalized spacial score (nSPS) is 14.1. The van der Waals surface area contributed by atoms with E-state index < -0.39 is 17.8 Å². The van der Waals surface area contributed by atoms with Gasteiger partial charge >= 0.3 is 11.9 Å². The summed E-state index contributed by atoms with van der Waals surface area (Å²) in [7, 11) is 0. The molecule has 0 spiro atoms. The standard InChI is InChI=1S/C25H21FO5/c26-23-11-10-19(27)13-22(23)16-6-8-17(9-7-16)25(30)31-20-3-1-2-18(12-20)21(14-24(28)29)15-4-5-15/h1-3,6-13,15,21,27H,4-5,14H2,(H,28,29)/t21-/m0/s1. The minimum Gasteiger partial charge on any atom is -0.508 e. The minimum atomic E-state index is -0.845. The Hall–Kier alpha value is -3.67. The zero-order valence-electron chi connectivity index (χ0n) is 16.6. The van der Waals surface area contributed by atoms with E-state index in [9.17, 15) is 24.2 Å². The summed E-state index contributed by atoms with van der Waals surface area (Å²) in [5, 5.41) is 18.8. The average Bonchev–Trinajstić information content (AvgIpc) is 3.59. The number of carbonyl (C=O) groups is 2. The molecular formula is C25H21FO5. The van der Waals surface area contributed by atoms with Gasteiger partial charge in [-0.2, -0.15) is 0 Å². The number of hydrogen-bond acceptors (Lipinski definition) is 4. The minimum absolute atomic E-state index is 0.0489. The summed E-state index contributed by atoms with van der Waals surface area (Å²) in [4.78, 5) is 23.8. The van der Waals surface area contributed by atoms with Gasteiger partial charge in [0.2, 0.25) is 0 Å². The smallest absolute Gasteiger partial charge is 0.343 e. The largest absolute Gasteiger partial charge is 0.508 e. The average molecular weight is 420 g/mol. The Morgan fingerprint density at radius 3 is 2.45 bits per heavy atom. The quantitative estimate of drug-likeness (QED) is 0.396. The predicted octanol–water partition coefficient (Wildman–Crippen LogP) is 5.39. The summed E-state index contributed by atoms with van der Waals surface area (Å²) < 4.78 is 19.5. The summed E-state index contributed by atoms with van der Waals surface area (Å²) in [6.07, 6.45) is 2.07. The first-order chi connectivity index (χ1) is 14.9. The zero-order valence-corrected chi connectivity index (χ0v) is 16.6. The van der Waals surface area contributed by atoms with Crippen LogP contribution in [0.3, 0.4) is 0 Å². The molecule has 1 aliphatic rings. The molecule has 2 N–H and O–H groups in total. The molecule has 1 fully saturated rings. The Bertz CT molecular complexity index is 1120. The molecule has 31 heavy (non-hydrogen) atoms. The molecular weight excluding hydrogens is 399 g/mol. The molecule has 5 nitrogen and oxygen atoms in total. The maximum atomic E-state index is 14.0. The van der Waals surface area contributed by atoms with E-state index in [0.29, 0.717) is 22.8 Å². The first-order valence-corrected chi connectivity index (χ1v) is 10.0. The van der Waals surface area contributed by atoms with Crippen molar-refractivity contribution in [1.29, 1.82) is 0 Å². The van der Waals surface area contributed by atoms with Crippen LogP contribution in [0.15, 0.2) is 66.7 Å². The molecule has 0 aliphatic heterocycles. The van der Waals surface area contributed by atoms with Gasteiger partial charge in [-0.1, -0.05) is 24.3 Å². The summed E-state index contributed by atoms with van der Waals surface area (Å²) in [5.41, 5.74) is 1.90. The third kappa shape index (κ3) is 4.91. The topological polar surface area (TPSA) is 83.8 Å². The van der Waals surface area contributed by atoms with Crippen molar-refractivity contribution >= 4 is 11.9 Å². The number of ether oxygens (including phenoxy) is 1. The second kappa shape index (κ2) is 8.60. The molecule has 0 bridgehead atoms. The number of carboxylic acids is 1.